The molecule has 0 unspecified atom stereocenters. The molecular formula is C17H21N5O. The van der Waals surface area contributed by atoms with Gasteiger partial charge in [-0.25, -0.2) is 4.98 Å². The van der Waals surface area contributed by atoms with Crippen molar-refractivity contribution in [1.29, 1.82) is 0 Å². The molecule has 0 atom stereocenters. The highest BCUT2D eigenvalue weighted by Crippen LogP contribution is 2.44. The van der Waals surface area contributed by atoms with Crippen LogP contribution in [-0.2, 0) is 11.9 Å². The summed E-state index contributed by atoms with van der Waals surface area (Å²) in [4.78, 5) is 10.5. The first-order valence-electron chi connectivity index (χ1n) is 8.41. The van der Waals surface area contributed by atoms with E-state index in [2.05, 4.69) is 27.0 Å². The molecule has 5 rings (SSSR count). The van der Waals surface area contributed by atoms with Gasteiger partial charge in [-0.2, -0.15) is 5.10 Å². The van der Waals surface area contributed by atoms with E-state index >= 15 is 0 Å². The number of hydroxylamine groups is 1. The Morgan fingerprint density at radius 2 is 2.22 bits per heavy atom. The molecule has 1 spiro atoms. The van der Waals surface area contributed by atoms with E-state index in [4.69, 9.17) is 4.84 Å². The summed E-state index contributed by atoms with van der Waals surface area (Å²) in [6, 6.07) is 0.569. The predicted octanol–water partition coefficient (Wildman–Crippen LogP) is 2.65. The lowest BCUT2D eigenvalue weighted by Crippen LogP contribution is -2.36. The Kier molecular flexibility index (Phi) is 2.60. The number of nitrogens with one attached hydrogen (secondary N) is 2. The third-order valence-corrected chi connectivity index (χ3v) is 5.21. The number of hydrogen-bond donors (Lipinski definition) is 2. The van der Waals surface area contributed by atoms with Crippen molar-refractivity contribution in [2.75, 3.05) is 5.32 Å². The molecule has 23 heavy (non-hydrogen) atoms. The monoisotopic (exact) mass is 311 g/mol. The Morgan fingerprint density at radius 1 is 1.39 bits per heavy atom. The smallest absolute Gasteiger partial charge is 0.159 e. The summed E-state index contributed by atoms with van der Waals surface area (Å²) in [6.07, 6.45) is 10.1. The Labute approximate surface area is 134 Å². The highest BCUT2D eigenvalue weighted by Gasteiger charge is 2.42. The molecular weight excluding hydrogens is 290 g/mol. The molecule has 2 saturated carbocycles. The lowest BCUT2D eigenvalue weighted by Gasteiger charge is -2.33. The van der Waals surface area contributed by atoms with Crippen molar-refractivity contribution in [3.63, 3.8) is 0 Å². The van der Waals surface area contributed by atoms with E-state index in [-0.39, 0.29) is 5.60 Å². The molecule has 3 heterocycles. The molecule has 0 amide bonds. The molecule has 6 heteroatoms. The Morgan fingerprint density at radius 3 is 2.87 bits per heavy atom. The van der Waals surface area contributed by atoms with Gasteiger partial charge in [0.2, 0.25) is 0 Å². The van der Waals surface area contributed by atoms with Crippen molar-refractivity contribution in [2.45, 2.75) is 50.7 Å². The normalized spacial score (nSPS) is 22.1. The van der Waals surface area contributed by atoms with Gasteiger partial charge in [0.15, 0.2) is 5.65 Å². The molecule has 6 nitrogen and oxygen atoms in total. The fourth-order valence-corrected chi connectivity index (χ4v) is 3.58. The molecule has 0 saturated heterocycles. The minimum Gasteiger partial charge on any atom is -0.381 e. The van der Waals surface area contributed by atoms with Gasteiger partial charge in [-0.15, -0.1) is 0 Å². The van der Waals surface area contributed by atoms with E-state index in [9.17, 15) is 0 Å². The summed E-state index contributed by atoms with van der Waals surface area (Å²) in [5, 5.41) is 9.36. The van der Waals surface area contributed by atoms with Crippen molar-refractivity contribution in [1.82, 2.24) is 20.2 Å². The van der Waals surface area contributed by atoms with Gasteiger partial charge in [-0.05, 0) is 45.1 Å². The van der Waals surface area contributed by atoms with Gasteiger partial charge in [0, 0.05) is 24.8 Å². The summed E-state index contributed by atoms with van der Waals surface area (Å²) in [7, 11) is 1.95. The van der Waals surface area contributed by atoms with Crippen molar-refractivity contribution in [3.8, 4) is 0 Å². The summed E-state index contributed by atoms with van der Waals surface area (Å²) in [5.41, 5.74) is 8.25. The molecule has 0 aromatic carbocycles. The van der Waals surface area contributed by atoms with Crippen LogP contribution in [0.1, 0.15) is 43.4 Å². The minimum atomic E-state index is -0.0921. The van der Waals surface area contributed by atoms with Crippen molar-refractivity contribution < 1.29 is 4.84 Å². The van der Waals surface area contributed by atoms with E-state index in [0.717, 1.165) is 46.5 Å². The van der Waals surface area contributed by atoms with Gasteiger partial charge >= 0.3 is 0 Å². The van der Waals surface area contributed by atoms with Crippen LogP contribution in [0.3, 0.4) is 0 Å². The van der Waals surface area contributed by atoms with Gasteiger partial charge in [0.1, 0.15) is 5.60 Å². The van der Waals surface area contributed by atoms with Crippen LogP contribution in [0, 0.1) is 6.92 Å². The van der Waals surface area contributed by atoms with Gasteiger partial charge in [0.25, 0.3) is 0 Å². The Bertz CT molecular complexity index is 829. The number of aryl methyl sites for hydroxylation is 2. The van der Waals surface area contributed by atoms with Crippen LogP contribution in [0.25, 0.3) is 16.7 Å². The molecule has 3 aliphatic rings. The molecule has 2 aromatic heterocycles. The number of hydrogen-bond acceptors (Lipinski definition) is 5. The van der Waals surface area contributed by atoms with Crippen LogP contribution in [-0.4, -0.2) is 26.4 Å². The SMILES string of the molecule is Cc1nn(C)c2ncc(C3=CC4(CCC4)ON3)c(NC3CC3)c12. The number of rotatable bonds is 3. The maximum absolute atomic E-state index is 5.85. The maximum Gasteiger partial charge on any atom is 0.159 e. The molecule has 0 radical (unpaired) electrons. The highest BCUT2D eigenvalue weighted by atomic mass is 16.7. The maximum atomic E-state index is 5.85. The molecule has 2 aromatic rings. The number of anilines is 1. The highest BCUT2D eigenvalue weighted by molar-refractivity contribution is 5.97. The summed E-state index contributed by atoms with van der Waals surface area (Å²) < 4.78 is 1.85. The van der Waals surface area contributed by atoms with E-state index in [1.54, 1.807) is 0 Å². The number of fused-ring (bicyclic) bond motifs is 1. The fraction of sp³-hybridized carbons (Fsp3) is 0.529. The topological polar surface area (TPSA) is 64.0 Å². The number of aromatic nitrogens is 3. The second kappa shape index (κ2) is 4.47. The summed E-state index contributed by atoms with van der Waals surface area (Å²) in [5.74, 6) is 0. The second-order valence-electron chi connectivity index (χ2n) is 7.05. The first-order valence-corrected chi connectivity index (χ1v) is 8.41. The molecule has 120 valence electrons. The lowest BCUT2D eigenvalue weighted by atomic mass is 9.80. The molecule has 2 N–H and O–H groups in total. The first kappa shape index (κ1) is 13.4. The van der Waals surface area contributed by atoms with E-state index < -0.39 is 0 Å². The van der Waals surface area contributed by atoms with E-state index in [1.165, 1.54) is 19.3 Å². The molecule has 2 fully saturated rings. The third kappa shape index (κ3) is 1.97. The van der Waals surface area contributed by atoms with Crippen molar-refractivity contribution in [3.05, 3.63) is 23.5 Å². The third-order valence-electron chi connectivity index (χ3n) is 5.21. The molecule has 2 aliphatic carbocycles. The zero-order valence-corrected chi connectivity index (χ0v) is 13.5. The largest absolute Gasteiger partial charge is 0.381 e. The average Bonchev–Trinajstić information content (AvgIpc) is 3.10. The van der Waals surface area contributed by atoms with Crippen LogP contribution in [0.15, 0.2) is 12.3 Å². The summed E-state index contributed by atoms with van der Waals surface area (Å²) >= 11 is 0. The Hall–Kier alpha value is -2.08. The average molecular weight is 311 g/mol. The minimum absolute atomic E-state index is 0.0921. The van der Waals surface area contributed by atoms with E-state index in [1.807, 2.05) is 24.9 Å². The van der Waals surface area contributed by atoms with Crippen molar-refractivity contribution in [2.24, 2.45) is 7.05 Å². The zero-order chi connectivity index (χ0) is 15.6. The van der Waals surface area contributed by atoms with Gasteiger partial charge in [-0.1, -0.05) is 0 Å². The fourth-order valence-electron chi connectivity index (χ4n) is 3.58. The van der Waals surface area contributed by atoms with Crippen LogP contribution in [0.2, 0.25) is 0 Å². The number of nitrogens with zero attached hydrogens (tertiary/aromatic N) is 3. The molecule has 0 bridgehead atoms. The van der Waals surface area contributed by atoms with Crippen LogP contribution in [0.4, 0.5) is 5.69 Å². The van der Waals surface area contributed by atoms with E-state index in [0.29, 0.717) is 6.04 Å². The first-order chi connectivity index (χ1) is 11.2. The lowest BCUT2D eigenvalue weighted by molar-refractivity contribution is -0.0821. The Balaban J connectivity index is 1.68. The molecule has 1 aliphatic heterocycles. The predicted molar refractivity (Wildman–Crippen MR) is 88.7 cm³/mol. The van der Waals surface area contributed by atoms with Gasteiger partial charge < -0.3 is 5.32 Å². The summed E-state index contributed by atoms with van der Waals surface area (Å²) in [6.45, 7) is 2.05. The van der Waals surface area contributed by atoms with Gasteiger partial charge in [-0.3, -0.25) is 15.0 Å². The zero-order valence-electron chi connectivity index (χ0n) is 13.5. The van der Waals surface area contributed by atoms with Crippen molar-refractivity contribution >= 4 is 22.4 Å². The van der Waals surface area contributed by atoms with Crippen LogP contribution in [0.5, 0.6) is 0 Å². The van der Waals surface area contributed by atoms with Crippen LogP contribution < -0.4 is 10.8 Å². The standard InChI is InChI=1S/C17H21N5O/c1-10-14-15(19-11-4-5-11)12(9-18-16(14)22(2)20-10)13-8-17(23-21-13)6-3-7-17/h8-9,11,21H,3-7H2,1-2H3,(H,18,19). The van der Waals surface area contributed by atoms with Crippen LogP contribution >= 0.6 is 0 Å². The van der Waals surface area contributed by atoms with Gasteiger partial charge in [0.05, 0.1) is 22.5 Å². The second-order valence-corrected chi connectivity index (χ2v) is 7.05. The quantitative estimate of drug-likeness (QED) is 0.912. The number of pyridine rings is 1.